The van der Waals surface area contributed by atoms with E-state index in [9.17, 15) is 27.9 Å². The van der Waals surface area contributed by atoms with Crippen molar-refractivity contribution in [3.05, 3.63) is 32.6 Å². The molecule has 3 N–H and O–H groups in total. The molecule has 0 unspecified atom stereocenters. The Hall–Kier alpha value is -1.98. The fraction of sp³-hybridized carbons (Fsp3) is 0.583. The molecule has 0 aromatic carbocycles. The molecule has 0 amide bonds. The van der Waals surface area contributed by atoms with Gasteiger partial charge in [0.05, 0.1) is 11.9 Å². The number of rotatable bonds is 5. The van der Waals surface area contributed by atoms with Gasteiger partial charge in [0.25, 0.3) is 5.56 Å². The van der Waals surface area contributed by atoms with Gasteiger partial charge in [-0.1, -0.05) is 0 Å². The average Bonchev–Trinajstić information content (AvgIpc) is 2.86. The van der Waals surface area contributed by atoms with Crippen molar-refractivity contribution in [2.45, 2.75) is 30.9 Å². The van der Waals surface area contributed by atoms with Crippen LogP contribution in [0.25, 0.3) is 0 Å². The van der Waals surface area contributed by atoms with Crippen molar-refractivity contribution in [1.82, 2.24) is 9.55 Å². The van der Waals surface area contributed by atoms with Crippen molar-refractivity contribution in [3.63, 3.8) is 0 Å². The molecule has 0 aliphatic carbocycles. The fourth-order valence-electron chi connectivity index (χ4n) is 2.49. The number of aliphatic hydroxyl groups excluding tert-OH is 1. The highest BCUT2D eigenvalue weighted by Gasteiger charge is 2.44. The zero-order valence-electron chi connectivity index (χ0n) is 12.1. The van der Waals surface area contributed by atoms with Gasteiger partial charge >= 0.3 is 11.7 Å². The predicted octanol–water partition coefficient (Wildman–Crippen LogP) is -2.01. The van der Waals surface area contributed by atoms with Gasteiger partial charge in [0, 0.05) is 18.2 Å². The first-order valence-corrected chi connectivity index (χ1v) is 8.39. The van der Waals surface area contributed by atoms with Crippen LogP contribution in [0.5, 0.6) is 0 Å². The number of nitrogens with one attached hydrogen (secondary N) is 1. The van der Waals surface area contributed by atoms with Gasteiger partial charge in [0.2, 0.25) is 0 Å². The summed E-state index contributed by atoms with van der Waals surface area (Å²) >= 11 is 0. The first kappa shape index (κ1) is 17.4. The Bertz CT molecular complexity index is 824. The van der Waals surface area contributed by atoms with Gasteiger partial charge in [0.1, 0.15) is 18.1 Å². The second kappa shape index (κ2) is 6.26. The molecule has 128 valence electrons. The molecule has 3 atom stereocenters. The van der Waals surface area contributed by atoms with Crippen LogP contribution in [-0.2, 0) is 19.4 Å². The van der Waals surface area contributed by atoms with Gasteiger partial charge in [-0.3, -0.25) is 19.1 Å². The lowest BCUT2D eigenvalue weighted by Crippen LogP contribution is -2.36. The first-order chi connectivity index (χ1) is 10.7. The summed E-state index contributed by atoms with van der Waals surface area (Å²) < 4.78 is 30.6. The largest absolute Gasteiger partial charge is 0.480 e. The number of aliphatic carboxylic acids is 1. The molecule has 1 saturated heterocycles. The number of aromatic amines is 1. The summed E-state index contributed by atoms with van der Waals surface area (Å²) in [5.41, 5.74) is -1.12. The summed E-state index contributed by atoms with van der Waals surface area (Å²) in [6, 6.07) is 0. The molecule has 11 heteroatoms. The van der Waals surface area contributed by atoms with E-state index < -0.39 is 57.0 Å². The van der Waals surface area contributed by atoms with Crippen LogP contribution in [0.15, 0.2) is 15.8 Å². The molecule has 1 aromatic heterocycles. The van der Waals surface area contributed by atoms with Gasteiger partial charge in [-0.05, 0) is 6.92 Å². The first-order valence-electron chi connectivity index (χ1n) is 6.67. The van der Waals surface area contributed by atoms with E-state index in [0.717, 1.165) is 4.57 Å². The summed E-state index contributed by atoms with van der Waals surface area (Å²) in [7, 11) is -4.06. The SMILES string of the molecule is Cc1cn([C@H]2C[C@H](S(=O)(=O)CC(=O)O)[C@@H](CO)O2)c(=O)[nH]c1=O. The number of nitrogens with zero attached hydrogens (tertiary/aromatic N) is 1. The number of ether oxygens (including phenoxy) is 1. The fourth-order valence-corrected chi connectivity index (χ4v) is 4.12. The van der Waals surface area contributed by atoms with E-state index in [2.05, 4.69) is 4.98 Å². The molecule has 0 saturated carbocycles. The molecule has 1 aliphatic heterocycles. The van der Waals surface area contributed by atoms with Crippen LogP contribution in [0.4, 0.5) is 0 Å². The van der Waals surface area contributed by atoms with Crippen LogP contribution in [0.1, 0.15) is 18.2 Å². The smallest absolute Gasteiger partial charge is 0.330 e. The number of sulfone groups is 1. The van der Waals surface area contributed by atoms with E-state index in [1.54, 1.807) is 0 Å². The Kier molecular flexibility index (Phi) is 4.73. The zero-order valence-corrected chi connectivity index (χ0v) is 12.9. The molecule has 0 spiro atoms. The number of carbonyl (C=O) groups is 1. The Morgan fingerprint density at radius 1 is 1.48 bits per heavy atom. The molecule has 0 bridgehead atoms. The van der Waals surface area contributed by atoms with Gasteiger partial charge in [-0.25, -0.2) is 13.2 Å². The highest BCUT2D eigenvalue weighted by molar-refractivity contribution is 7.92. The Morgan fingerprint density at radius 3 is 2.70 bits per heavy atom. The summed E-state index contributed by atoms with van der Waals surface area (Å²) in [6.45, 7) is 0.822. The van der Waals surface area contributed by atoms with Gasteiger partial charge in [-0.15, -0.1) is 0 Å². The second-order valence-electron chi connectivity index (χ2n) is 5.27. The van der Waals surface area contributed by atoms with Crippen molar-refractivity contribution in [3.8, 4) is 0 Å². The van der Waals surface area contributed by atoms with Crippen LogP contribution < -0.4 is 11.2 Å². The van der Waals surface area contributed by atoms with E-state index in [4.69, 9.17) is 9.84 Å². The molecule has 2 heterocycles. The lowest BCUT2D eigenvalue weighted by atomic mass is 10.2. The molecule has 2 rings (SSSR count). The second-order valence-corrected chi connectivity index (χ2v) is 7.49. The Balaban J connectivity index is 2.36. The minimum absolute atomic E-state index is 0.202. The molecule has 1 aliphatic rings. The minimum atomic E-state index is -4.06. The highest BCUT2D eigenvalue weighted by atomic mass is 32.2. The molecule has 1 fully saturated rings. The van der Waals surface area contributed by atoms with Gasteiger partial charge in [-0.2, -0.15) is 0 Å². The maximum atomic E-state index is 12.1. The molecular weight excluding hydrogens is 332 g/mol. The molecule has 10 nitrogen and oxygen atoms in total. The Labute approximate surface area is 130 Å². The van der Waals surface area contributed by atoms with Crippen molar-refractivity contribution < 1.29 is 28.2 Å². The van der Waals surface area contributed by atoms with E-state index in [1.165, 1.54) is 13.1 Å². The van der Waals surface area contributed by atoms with E-state index in [0.29, 0.717) is 0 Å². The predicted molar refractivity (Wildman–Crippen MR) is 76.9 cm³/mol. The third-order valence-corrected chi connectivity index (χ3v) is 5.67. The normalized spacial score (nSPS) is 24.7. The number of hydrogen-bond acceptors (Lipinski definition) is 7. The number of hydrogen-bond donors (Lipinski definition) is 3. The standard InChI is InChI=1S/C12H16N2O8S/c1-6-3-14(12(19)13-11(6)18)9-2-8(7(4-15)22-9)23(20,21)5-10(16)17/h3,7-9,15H,2,4-5H2,1H3,(H,16,17)(H,13,18,19)/t7-,8+,9-/m1/s1. The molecule has 1 aromatic rings. The van der Waals surface area contributed by atoms with Crippen molar-refractivity contribution >= 4 is 15.8 Å². The van der Waals surface area contributed by atoms with Crippen molar-refractivity contribution in [2.75, 3.05) is 12.4 Å². The van der Waals surface area contributed by atoms with Crippen LogP contribution in [-0.4, -0.2) is 57.9 Å². The summed E-state index contributed by atoms with van der Waals surface area (Å²) in [5, 5.41) is 16.7. The number of aliphatic hydroxyl groups is 1. The monoisotopic (exact) mass is 348 g/mol. The van der Waals surface area contributed by atoms with Crippen LogP contribution in [0.2, 0.25) is 0 Å². The van der Waals surface area contributed by atoms with Crippen molar-refractivity contribution in [2.24, 2.45) is 0 Å². The molecule has 23 heavy (non-hydrogen) atoms. The quantitative estimate of drug-likeness (QED) is 0.551. The van der Waals surface area contributed by atoms with E-state index in [-0.39, 0.29) is 12.0 Å². The average molecular weight is 348 g/mol. The minimum Gasteiger partial charge on any atom is -0.480 e. The summed E-state index contributed by atoms with van der Waals surface area (Å²) in [4.78, 5) is 35.9. The van der Waals surface area contributed by atoms with Crippen LogP contribution in [0, 0.1) is 6.92 Å². The molecular formula is C12H16N2O8S. The van der Waals surface area contributed by atoms with Gasteiger partial charge < -0.3 is 14.9 Å². The number of carboxylic acid groups (broad SMARTS) is 1. The number of aromatic nitrogens is 2. The molecule has 0 radical (unpaired) electrons. The maximum Gasteiger partial charge on any atom is 0.330 e. The number of H-pyrrole nitrogens is 1. The lowest BCUT2D eigenvalue weighted by Gasteiger charge is -2.15. The maximum absolute atomic E-state index is 12.1. The lowest BCUT2D eigenvalue weighted by molar-refractivity contribution is -0.134. The third kappa shape index (κ3) is 3.51. The van der Waals surface area contributed by atoms with E-state index in [1.807, 2.05) is 0 Å². The van der Waals surface area contributed by atoms with Gasteiger partial charge in [0.15, 0.2) is 9.84 Å². The van der Waals surface area contributed by atoms with Crippen molar-refractivity contribution in [1.29, 1.82) is 0 Å². The van der Waals surface area contributed by atoms with Crippen LogP contribution in [0.3, 0.4) is 0 Å². The summed E-state index contributed by atoms with van der Waals surface area (Å²) in [6.07, 6.45) is -1.15. The zero-order chi connectivity index (χ0) is 17.4. The number of aryl methyl sites for hydroxylation is 1. The van der Waals surface area contributed by atoms with Crippen LogP contribution >= 0.6 is 0 Å². The summed E-state index contributed by atoms with van der Waals surface area (Å²) in [5.74, 6) is -2.61. The third-order valence-electron chi connectivity index (χ3n) is 3.60. The van der Waals surface area contributed by atoms with E-state index >= 15 is 0 Å². The number of carboxylic acids is 1. The topological polar surface area (TPSA) is 156 Å². The Morgan fingerprint density at radius 2 is 2.13 bits per heavy atom. The highest BCUT2D eigenvalue weighted by Crippen LogP contribution is 2.32.